The fourth-order valence-corrected chi connectivity index (χ4v) is 3.72. The molecule has 27 heavy (non-hydrogen) atoms. The summed E-state index contributed by atoms with van der Waals surface area (Å²) < 4.78 is 0. The molecule has 0 bridgehead atoms. The average Bonchev–Trinajstić information content (AvgIpc) is 2.68. The van der Waals surface area contributed by atoms with Crippen LogP contribution in [0.15, 0.2) is 72.6 Å². The topological polar surface area (TPSA) is 58.0 Å². The van der Waals surface area contributed by atoms with E-state index in [4.69, 9.17) is 0 Å². The largest absolute Gasteiger partial charge is 0.505 e. The highest BCUT2D eigenvalue weighted by molar-refractivity contribution is 5.85. The lowest BCUT2D eigenvalue weighted by atomic mass is 9.82. The lowest BCUT2D eigenvalue weighted by Crippen LogP contribution is -2.23. The predicted molar refractivity (Wildman–Crippen MR) is 110 cm³/mol. The van der Waals surface area contributed by atoms with Gasteiger partial charge in [-0.1, -0.05) is 42.0 Å². The molecule has 2 unspecified atom stereocenters. The van der Waals surface area contributed by atoms with Crippen LogP contribution < -0.4 is 5.32 Å². The Morgan fingerprint density at radius 2 is 2.00 bits per heavy atom. The van der Waals surface area contributed by atoms with E-state index in [-0.39, 0.29) is 17.7 Å². The van der Waals surface area contributed by atoms with Crippen LogP contribution in [-0.4, -0.2) is 15.1 Å². The lowest BCUT2D eigenvalue weighted by Gasteiger charge is -2.31. The highest BCUT2D eigenvalue weighted by Crippen LogP contribution is 2.41. The molecule has 0 spiro atoms. The number of nitrogens with one attached hydrogen (secondary N) is 1. The van der Waals surface area contributed by atoms with E-state index in [1.54, 1.807) is 12.4 Å². The molecule has 2 heterocycles. The van der Waals surface area contributed by atoms with Crippen molar-refractivity contribution in [1.29, 1.82) is 0 Å². The highest BCUT2D eigenvalue weighted by Gasteiger charge is 2.28. The molecule has 4 nitrogen and oxygen atoms in total. The molecule has 0 radical (unpaired) electrons. The number of benzene rings is 1. The number of fused-ring (bicyclic) bond motifs is 1. The summed E-state index contributed by atoms with van der Waals surface area (Å²) in [6.07, 6.45) is 10.8. The minimum atomic E-state index is -0.105. The number of nitrogens with zero attached hydrogens (tertiary/aromatic N) is 2. The Kier molecular flexibility index (Phi) is 4.63. The molecule has 0 amide bonds. The first-order chi connectivity index (χ1) is 13.1. The summed E-state index contributed by atoms with van der Waals surface area (Å²) >= 11 is 0. The molecule has 0 saturated heterocycles. The van der Waals surface area contributed by atoms with Crippen LogP contribution in [0.3, 0.4) is 0 Å². The summed E-state index contributed by atoms with van der Waals surface area (Å²) in [6, 6.07) is 11.8. The van der Waals surface area contributed by atoms with E-state index in [0.29, 0.717) is 5.52 Å². The minimum Gasteiger partial charge on any atom is -0.505 e. The summed E-state index contributed by atoms with van der Waals surface area (Å²) in [5.41, 5.74) is 3.90. The molecular weight excluding hydrogens is 334 g/mol. The van der Waals surface area contributed by atoms with Crippen molar-refractivity contribution in [2.75, 3.05) is 5.32 Å². The summed E-state index contributed by atoms with van der Waals surface area (Å²) in [7, 11) is 0. The molecular formula is C23H23N3O. The molecule has 3 aromatic rings. The van der Waals surface area contributed by atoms with Crippen molar-refractivity contribution >= 4 is 16.7 Å². The molecule has 1 aromatic carbocycles. The highest BCUT2D eigenvalue weighted by atomic mass is 16.3. The number of allylic oxidation sites excluding steroid dienone is 3. The molecule has 0 fully saturated rings. The van der Waals surface area contributed by atoms with Gasteiger partial charge in [0.05, 0.1) is 6.04 Å². The molecule has 1 aliphatic rings. The molecule has 136 valence electrons. The maximum absolute atomic E-state index is 11.0. The van der Waals surface area contributed by atoms with Gasteiger partial charge in [0.1, 0.15) is 17.1 Å². The van der Waals surface area contributed by atoms with Crippen molar-refractivity contribution < 1.29 is 5.11 Å². The van der Waals surface area contributed by atoms with Crippen LogP contribution >= 0.6 is 0 Å². The molecule has 4 heteroatoms. The lowest BCUT2D eigenvalue weighted by molar-refractivity contribution is 0.450. The quantitative estimate of drug-likeness (QED) is 0.663. The second kappa shape index (κ2) is 7.23. The standard InChI is InChI=1S/C23H23N3O/c1-15-11-13-24-20(14-15)26-22(18-8-4-3-6-16(18)2)19-10-9-17-7-5-12-25-21(17)23(19)27/h3-7,9-14,18,22,27H,8H2,1-2H3,(H,24,26). The number of aryl methyl sites for hydroxylation is 1. The van der Waals surface area contributed by atoms with Gasteiger partial charge in [-0.25, -0.2) is 4.98 Å². The van der Waals surface area contributed by atoms with Gasteiger partial charge in [0, 0.05) is 29.3 Å². The Balaban J connectivity index is 1.81. The molecule has 4 rings (SSSR count). The van der Waals surface area contributed by atoms with Gasteiger partial charge in [-0.2, -0.15) is 0 Å². The Morgan fingerprint density at radius 3 is 2.81 bits per heavy atom. The maximum atomic E-state index is 11.0. The molecule has 2 N–H and O–H groups in total. The molecule has 0 saturated carbocycles. The van der Waals surface area contributed by atoms with Gasteiger partial charge >= 0.3 is 0 Å². The van der Waals surface area contributed by atoms with E-state index < -0.39 is 0 Å². The van der Waals surface area contributed by atoms with Crippen molar-refractivity contribution in [3.63, 3.8) is 0 Å². The number of anilines is 1. The van der Waals surface area contributed by atoms with Crippen LogP contribution in [0.4, 0.5) is 5.82 Å². The van der Waals surface area contributed by atoms with E-state index in [9.17, 15) is 5.11 Å². The van der Waals surface area contributed by atoms with E-state index in [0.717, 1.165) is 28.8 Å². The van der Waals surface area contributed by atoms with E-state index >= 15 is 0 Å². The van der Waals surface area contributed by atoms with Crippen molar-refractivity contribution in [2.24, 2.45) is 5.92 Å². The number of phenolic OH excluding ortho intramolecular Hbond substituents is 1. The van der Waals surface area contributed by atoms with Crippen LogP contribution in [-0.2, 0) is 0 Å². The third-order valence-corrected chi connectivity index (χ3v) is 5.21. The van der Waals surface area contributed by atoms with Gasteiger partial charge in [-0.3, -0.25) is 4.98 Å². The van der Waals surface area contributed by atoms with E-state index in [1.807, 2.05) is 43.3 Å². The summed E-state index contributed by atoms with van der Waals surface area (Å²) in [6.45, 7) is 4.19. The number of pyridine rings is 2. The normalized spacial score (nSPS) is 17.6. The van der Waals surface area contributed by atoms with E-state index in [1.165, 1.54) is 5.57 Å². The molecule has 2 aromatic heterocycles. The summed E-state index contributed by atoms with van der Waals surface area (Å²) in [4.78, 5) is 8.86. The van der Waals surface area contributed by atoms with Gasteiger partial charge < -0.3 is 10.4 Å². The number of hydrogen-bond acceptors (Lipinski definition) is 4. The first-order valence-electron chi connectivity index (χ1n) is 9.22. The Labute approximate surface area is 159 Å². The van der Waals surface area contributed by atoms with Gasteiger partial charge in [0.15, 0.2) is 0 Å². The number of hydrogen-bond donors (Lipinski definition) is 2. The zero-order valence-corrected chi connectivity index (χ0v) is 15.6. The van der Waals surface area contributed by atoms with Crippen molar-refractivity contribution in [3.8, 4) is 5.75 Å². The van der Waals surface area contributed by atoms with Gasteiger partial charge in [-0.15, -0.1) is 0 Å². The van der Waals surface area contributed by atoms with Gasteiger partial charge in [0.25, 0.3) is 0 Å². The second-order valence-corrected chi connectivity index (χ2v) is 7.10. The minimum absolute atomic E-state index is 0.105. The van der Waals surface area contributed by atoms with Gasteiger partial charge in [-0.05, 0) is 44.0 Å². The van der Waals surface area contributed by atoms with Crippen LogP contribution in [0.1, 0.15) is 30.5 Å². The Hall–Kier alpha value is -3.14. The number of aromatic hydroxyl groups is 1. The van der Waals surface area contributed by atoms with Crippen LogP contribution in [0.25, 0.3) is 10.9 Å². The van der Waals surface area contributed by atoms with Crippen LogP contribution in [0, 0.1) is 12.8 Å². The zero-order chi connectivity index (χ0) is 18.8. The smallest absolute Gasteiger partial charge is 0.147 e. The number of phenols is 1. The fourth-order valence-electron chi connectivity index (χ4n) is 3.72. The van der Waals surface area contributed by atoms with Crippen molar-refractivity contribution in [1.82, 2.24) is 9.97 Å². The first kappa shape index (κ1) is 17.3. The van der Waals surface area contributed by atoms with E-state index in [2.05, 4.69) is 40.4 Å². The third-order valence-electron chi connectivity index (χ3n) is 5.21. The fraction of sp³-hybridized carbons (Fsp3) is 0.217. The molecule has 0 aliphatic heterocycles. The summed E-state index contributed by atoms with van der Waals surface area (Å²) in [5.74, 6) is 1.27. The summed E-state index contributed by atoms with van der Waals surface area (Å²) in [5, 5.41) is 15.5. The second-order valence-electron chi connectivity index (χ2n) is 7.10. The van der Waals surface area contributed by atoms with Crippen LogP contribution in [0.5, 0.6) is 5.75 Å². The van der Waals surface area contributed by atoms with Crippen molar-refractivity contribution in [2.45, 2.75) is 26.3 Å². The molecule has 1 aliphatic carbocycles. The average molecular weight is 357 g/mol. The Morgan fingerprint density at radius 1 is 1.11 bits per heavy atom. The number of rotatable bonds is 4. The number of aromatic nitrogens is 2. The Bertz CT molecular complexity index is 1040. The first-order valence-corrected chi connectivity index (χ1v) is 9.22. The van der Waals surface area contributed by atoms with Crippen LogP contribution in [0.2, 0.25) is 0 Å². The predicted octanol–water partition coefficient (Wildman–Crippen LogP) is 5.32. The SMILES string of the molecule is CC1=CC=CCC1C(Nc1cc(C)ccn1)c1ccc2cccnc2c1O. The van der Waals surface area contributed by atoms with Crippen molar-refractivity contribution in [3.05, 3.63) is 83.7 Å². The van der Waals surface area contributed by atoms with Gasteiger partial charge in [0.2, 0.25) is 0 Å². The molecule has 2 atom stereocenters. The third kappa shape index (κ3) is 3.43. The zero-order valence-electron chi connectivity index (χ0n) is 15.6. The monoisotopic (exact) mass is 357 g/mol. The maximum Gasteiger partial charge on any atom is 0.147 e.